The lowest BCUT2D eigenvalue weighted by Crippen LogP contribution is -2.15. The number of amides is 1. The number of carbonyl (C=O) groups excluding carboxylic acids is 1. The normalized spacial score (nSPS) is 7.71. The minimum absolute atomic E-state index is 0.00926. The molecule has 0 saturated heterocycles. The fourth-order valence-corrected chi connectivity index (χ4v) is 0.129. The van der Waals surface area contributed by atoms with Crippen LogP contribution < -0.4 is 0 Å². The molecule has 2 heteroatoms. The van der Waals surface area contributed by atoms with Gasteiger partial charge in [-0.25, -0.2) is 0 Å². The molecule has 0 aliphatic rings. The van der Waals surface area contributed by atoms with E-state index in [0.29, 0.717) is 0 Å². The van der Waals surface area contributed by atoms with Crippen molar-refractivity contribution in [1.29, 1.82) is 0 Å². The van der Waals surface area contributed by atoms with Gasteiger partial charge in [-0.2, -0.15) is 0 Å². The van der Waals surface area contributed by atoms with Crippen LogP contribution in [0.15, 0.2) is 12.8 Å². The Morgan fingerprint density at radius 3 is 2.29 bits per heavy atom. The van der Waals surface area contributed by atoms with Crippen molar-refractivity contribution in [1.82, 2.24) is 4.90 Å². The predicted octanol–water partition coefficient (Wildman–Crippen LogP) is 0.608. The molecule has 0 aromatic carbocycles. The molecule has 0 rings (SSSR count). The molecule has 40 valence electrons. The standard InChI is InChI=1S/C5H9NO/c1-4-6(3)5(2)7/h4H,1H2,2-3H3. The Labute approximate surface area is 43.4 Å². The van der Waals surface area contributed by atoms with Crippen LogP contribution in [0.25, 0.3) is 0 Å². The molecular formula is C5H9NO. The van der Waals surface area contributed by atoms with E-state index in [0.717, 1.165) is 0 Å². The van der Waals surface area contributed by atoms with E-state index >= 15 is 0 Å². The number of hydrogen-bond acceptors (Lipinski definition) is 1. The summed E-state index contributed by atoms with van der Waals surface area (Å²) in [5, 5.41) is 0. The van der Waals surface area contributed by atoms with Gasteiger partial charge in [0.2, 0.25) is 5.91 Å². The molecule has 2 nitrogen and oxygen atoms in total. The first-order chi connectivity index (χ1) is 3.18. The molecule has 0 radical (unpaired) electrons. The molecule has 0 aliphatic carbocycles. The SMILES string of the molecule is C=CN(C)C(C)=O. The van der Waals surface area contributed by atoms with Gasteiger partial charge in [0, 0.05) is 14.0 Å². The maximum absolute atomic E-state index is 10.2. The summed E-state index contributed by atoms with van der Waals surface area (Å²) in [6, 6.07) is 0. The van der Waals surface area contributed by atoms with Gasteiger partial charge in [0.25, 0.3) is 0 Å². The Bertz CT molecular complexity index is 88.1. The number of rotatable bonds is 1. The third-order valence-corrected chi connectivity index (χ3v) is 0.771. The highest BCUT2D eigenvalue weighted by atomic mass is 16.2. The van der Waals surface area contributed by atoms with Gasteiger partial charge in [0.05, 0.1) is 0 Å². The van der Waals surface area contributed by atoms with Gasteiger partial charge < -0.3 is 4.90 Å². The number of hydrogen-bond donors (Lipinski definition) is 0. The van der Waals surface area contributed by atoms with Gasteiger partial charge in [-0.1, -0.05) is 6.58 Å². The molecule has 0 unspecified atom stereocenters. The highest BCUT2D eigenvalue weighted by Gasteiger charge is 1.90. The summed E-state index contributed by atoms with van der Waals surface area (Å²) >= 11 is 0. The Kier molecular flexibility index (Phi) is 2.12. The highest BCUT2D eigenvalue weighted by Crippen LogP contribution is 1.79. The zero-order chi connectivity index (χ0) is 5.86. The molecule has 0 fully saturated rings. The van der Waals surface area contributed by atoms with Gasteiger partial charge in [-0.15, -0.1) is 0 Å². The van der Waals surface area contributed by atoms with Crippen LogP contribution in [0.1, 0.15) is 6.92 Å². The van der Waals surface area contributed by atoms with Crippen molar-refractivity contribution in [2.75, 3.05) is 7.05 Å². The second-order valence-corrected chi connectivity index (χ2v) is 1.31. The van der Waals surface area contributed by atoms with Crippen molar-refractivity contribution in [2.45, 2.75) is 6.92 Å². The maximum atomic E-state index is 10.2. The second-order valence-electron chi connectivity index (χ2n) is 1.31. The van der Waals surface area contributed by atoms with E-state index < -0.39 is 0 Å². The summed E-state index contributed by atoms with van der Waals surface area (Å²) in [7, 11) is 1.66. The van der Waals surface area contributed by atoms with Crippen LogP contribution in [-0.2, 0) is 4.79 Å². The summed E-state index contributed by atoms with van der Waals surface area (Å²) in [6.45, 7) is 4.87. The molecule has 0 bridgehead atoms. The topological polar surface area (TPSA) is 20.3 Å². The lowest BCUT2D eigenvalue weighted by atomic mass is 10.6. The molecule has 0 N–H and O–H groups in total. The first-order valence-corrected chi connectivity index (χ1v) is 2.04. The van der Waals surface area contributed by atoms with E-state index in [-0.39, 0.29) is 5.91 Å². The second kappa shape index (κ2) is 2.39. The van der Waals surface area contributed by atoms with Gasteiger partial charge in [-0.3, -0.25) is 4.79 Å². The molecule has 1 amide bonds. The van der Waals surface area contributed by atoms with Crippen LogP contribution >= 0.6 is 0 Å². The Morgan fingerprint density at radius 1 is 1.86 bits per heavy atom. The Balaban J connectivity index is 3.55. The van der Waals surface area contributed by atoms with E-state index in [9.17, 15) is 4.79 Å². The average molecular weight is 99.1 g/mol. The smallest absolute Gasteiger partial charge is 0.223 e. The zero-order valence-electron chi connectivity index (χ0n) is 4.64. The van der Waals surface area contributed by atoms with E-state index in [1.165, 1.54) is 18.0 Å². The molecule has 0 aromatic rings. The van der Waals surface area contributed by atoms with Gasteiger partial charge >= 0.3 is 0 Å². The predicted molar refractivity (Wildman–Crippen MR) is 28.6 cm³/mol. The monoisotopic (exact) mass is 99.1 g/mol. The summed E-state index contributed by atoms with van der Waals surface area (Å²) in [4.78, 5) is 11.6. The van der Waals surface area contributed by atoms with Crippen LogP contribution in [0.4, 0.5) is 0 Å². The van der Waals surface area contributed by atoms with E-state index in [2.05, 4.69) is 6.58 Å². The van der Waals surface area contributed by atoms with Crippen molar-refractivity contribution in [3.05, 3.63) is 12.8 Å². The minimum atomic E-state index is 0.00926. The molecular weight excluding hydrogens is 90.1 g/mol. The number of nitrogens with zero attached hydrogens (tertiary/aromatic N) is 1. The largest absolute Gasteiger partial charge is 0.323 e. The molecule has 0 aromatic heterocycles. The first kappa shape index (κ1) is 6.21. The van der Waals surface area contributed by atoms with E-state index in [1.807, 2.05) is 0 Å². The van der Waals surface area contributed by atoms with Crippen molar-refractivity contribution in [3.8, 4) is 0 Å². The molecule has 7 heavy (non-hydrogen) atoms. The average Bonchev–Trinajstić information content (AvgIpc) is 1.65. The van der Waals surface area contributed by atoms with E-state index in [1.54, 1.807) is 7.05 Å². The quantitative estimate of drug-likeness (QED) is 0.471. The lowest BCUT2D eigenvalue weighted by molar-refractivity contribution is -0.125. The van der Waals surface area contributed by atoms with Crippen molar-refractivity contribution < 1.29 is 4.79 Å². The summed E-state index contributed by atoms with van der Waals surface area (Å²) in [5.41, 5.74) is 0. The summed E-state index contributed by atoms with van der Waals surface area (Å²) in [6.07, 6.45) is 1.47. The van der Waals surface area contributed by atoms with Crippen LogP contribution in [0.2, 0.25) is 0 Å². The first-order valence-electron chi connectivity index (χ1n) is 2.04. The molecule has 0 atom stereocenters. The third kappa shape index (κ3) is 1.98. The van der Waals surface area contributed by atoms with Crippen LogP contribution in [-0.4, -0.2) is 17.9 Å². The number of carbonyl (C=O) groups is 1. The molecule has 0 aliphatic heterocycles. The Hall–Kier alpha value is -0.790. The van der Waals surface area contributed by atoms with Gasteiger partial charge in [0.15, 0.2) is 0 Å². The highest BCUT2D eigenvalue weighted by molar-refractivity contribution is 5.73. The van der Waals surface area contributed by atoms with Crippen LogP contribution in [0, 0.1) is 0 Å². The van der Waals surface area contributed by atoms with E-state index in [4.69, 9.17) is 0 Å². The zero-order valence-corrected chi connectivity index (χ0v) is 4.64. The van der Waals surface area contributed by atoms with Gasteiger partial charge in [0.1, 0.15) is 0 Å². The van der Waals surface area contributed by atoms with Crippen molar-refractivity contribution in [2.24, 2.45) is 0 Å². The lowest BCUT2D eigenvalue weighted by Gasteiger charge is -2.04. The van der Waals surface area contributed by atoms with Gasteiger partial charge in [-0.05, 0) is 6.20 Å². The summed E-state index contributed by atoms with van der Waals surface area (Å²) < 4.78 is 0. The fourth-order valence-electron chi connectivity index (χ4n) is 0.129. The minimum Gasteiger partial charge on any atom is -0.323 e. The molecule has 0 spiro atoms. The Morgan fingerprint density at radius 2 is 2.29 bits per heavy atom. The van der Waals surface area contributed by atoms with Crippen molar-refractivity contribution in [3.63, 3.8) is 0 Å². The van der Waals surface area contributed by atoms with Crippen LogP contribution in [0.5, 0.6) is 0 Å². The van der Waals surface area contributed by atoms with Crippen molar-refractivity contribution >= 4 is 5.91 Å². The fraction of sp³-hybridized carbons (Fsp3) is 0.400. The third-order valence-electron chi connectivity index (χ3n) is 0.771. The summed E-state index contributed by atoms with van der Waals surface area (Å²) in [5.74, 6) is 0.00926. The molecule has 0 heterocycles. The maximum Gasteiger partial charge on any atom is 0.223 e. The molecule has 0 saturated carbocycles. The van der Waals surface area contributed by atoms with Crippen LogP contribution in [0.3, 0.4) is 0 Å².